The number of aliphatic imine (C=N–C) groups is 1. The van der Waals surface area contributed by atoms with Crippen LogP contribution in [-0.4, -0.2) is 57.2 Å². The highest BCUT2D eigenvalue weighted by Crippen LogP contribution is 2.11. The van der Waals surface area contributed by atoms with Crippen molar-refractivity contribution in [2.75, 3.05) is 46.4 Å². The molecule has 0 bridgehead atoms. The van der Waals surface area contributed by atoms with E-state index in [1.807, 2.05) is 18.2 Å². The first-order valence-corrected chi connectivity index (χ1v) is 8.64. The lowest BCUT2D eigenvalue weighted by atomic mass is 10.1. The van der Waals surface area contributed by atoms with E-state index >= 15 is 0 Å². The third-order valence-electron chi connectivity index (χ3n) is 4.05. The highest BCUT2D eigenvalue weighted by molar-refractivity contribution is 5.79. The molecular formula is C18H30N4O. The number of guanidine groups is 1. The first-order valence-electron chi connectivity index (χ1n) is 8.64. The lowest BCUT2D eigenvalue weighted by Gasteiger charge is -2.26. The van der Waals surface area contributed by atoms with Crippen LogP contribution in [-0.2, 0) is 0 Å². The van der Waals surface area contributed by atoms with Crippen LogP contribution in [0.25, 0.3) is 0 Å². The van der Waals surface area contributed by atoms with Crippen LogP contribution in [0.15, 0.2) is 29.3 Å². The minimum absolute atomic E-state index is 0.621. The fourth-order valence-corrected chi connectivity index (χ4v) is 2.78. The molecule has 2 rings (SSSR count). The van der Waals surface area contributed by atoms with Gasteiger partial charge in [0.2, 0.25) is 0 Å². The van der Waals surface area contributed by atoms with Gasteiger partial charge in [-0.2, -0.15) is 0 Å². The normalized spacial score (nSPS) is 16.2. The Hall–Kier alpha value is -1.75. The van der Waals surface area contributed by atoms with Gasteiger partial charge in [0, 0.05) is 20.1 Å². The molecule has 2 N–H and O–H groups in total. The lowest BCUT2D eigenvalue weighted by molar-refractivity contribution is 0.232. The van der Waals surface area contributed by atoms with Crippen molar-refractivity contribution in [1.82, 2.24) is 15.5 Å². The number of nitrogens with zero attached hydrogens (tertiary/aromatic N) is 2. The van der Waals surface area contributed by atoms with Crippen molar-refractivity contribution in [3.05, 3.63) is 29.8 Å². The monoisotopic (exact) mass is 318 g/mol. The Labute approximate surface area is 140 Å². The topological polar surface area (TPSA) is 48.9 Å². The van der Waals surface area contributed by atoms with E-state index in [0.717, 1.165) is 31.3 Å². The van der Waals surface area contributed by atoms with Gasteiger partial charge in [0.15, 0.2) is 5.96 Å². The maximum Gasteiger partial charge on any atom is 0.191 e. The Bertz CT molecular complexity index is 484. The second kappa shape index (κ2) is 10.1. The average molecular weight is 318 g/mol. The summed E-state index contributed by atoms with van der Waals surface area (Å²) in [5.41, 5.74) is 1.21. The molecule has 0 aliphatic carbocycles. The van der Waals surface area contributed by atoms with E-state index in [2.05, 4.69) is 33.5 Å². The summed E-state index contributed by atoms with van der Waals surface area (Å²) in [4.78, 5) is 6.77. The molecule has 1 aliphatic heterocycles. The number of hydrogen-bond acceptors (Lipinski definition) is 3. The molecule has 5 nitrogen and oxygen atoms in total. The number of likely N-dealkylation sites (tertiary alicyclic amines) is 1. The maximum atomic E-state index is 5.73. The van der Waals surface area contributed by atoms with Gasteiger partial charge in [0.1, 0.15) is 12.4 Å². The first-order chi connectivity index (χ1) is 11.3. The Balaban J connectivity index is 1.57. The fourth-order valence-electron chi connectivity index (χ4n) is 2.78. The predicted octanol–water partition coefficient (Wildman–Crippen LogP) is 2.02. The van der Waals surface area contributed by atoms with Crippen LogP contribution in [0.3, 0.4) is 0 Å². The summed E-state index contributed by atoms with van der Waals surface area (Å²) in [6.45, 7) is 7.90. The summed E-state index contributed by atoms with van der Waals surface area (Å²) >= 11 is 0. The van der Waals surface area contributed by atoms with Gasteiger partial charge in [0.25, 0.3) is 0 Å². The van der Waals surface area contributed by atoms with Gasteiger partial charge in [-0.05, 0) is 50.6 Å². The van der Waals surface area contributed by atoms with Crippen LogP contribution in [0, 0.1) is 6.92 Å². The average Bonchev–Trinajstić information content (AvgIpc) is 2.58. The fraction of sp³-hybridized carbons (Fsp3) is 0.611. The third-order valence-corrected chi connectivity index (χ3v) is 4.05. The zero-order valence-corrected chi connectivity index (χ0v) is 14.5. The third kappa shape index (κ3) is 6.91. The van der Waals surface area contributed by atoms with E-state index in [1.54, 1.807) is 7.05 Å². The zero-order valence-electron chi connectivity index (χ0n) is 14.5. The minimum atomic E-state index is 0.621. The molecule has 1 aromatic carbocycles. The van der Waals surface area contributed by atoms with E-state index < -0.39 is 0 Å². The van der Waals surface area contributed by atoms with E-state index in [-0.39, 0.29) is 0 Å². The largest absolute Gasteiger partial charge is 0.492 e. The Morgan fingerprint density at radius 1 is 1.17 bits per heavy atom. The molecular weight excluding hydrogens is 288 g/mol. The molecule has 1 fully saturated rings. The smallest absolute Gasteiger partial charge is 0.191 e. The molecule has 0 radical (unpaired) electrons. The van der Waals surface area contributed by atoms with Gasteiger partial charge in [-0.15, -0.1) is 0 Å². The van der Waals surface area contributed by atoms with Gasteiger partial charge < -0.3 is 20.3 Å². The van der Waals surface area contributed by atoms with Crippen LogP contribution in [0.2, 0.25) is 0 Å². The van der Waals surface area contributed by atoms with E-state index in [1.165, 1.54) is 37.9 Å². The van der Waals surface area contributed by atoms with Crippen LogP contribution >= 0.6 is 0 Å². The minimum Gasteiger partial charge on any atom is -0.492 e. The molecule has 1 aromatic rings. The van der Waals surface area contributed by atoms with Crippen molar-refractivity contribution >= 4 is 5.96 Å². The standard InChI is InChI=1S/C18H30N4O/c1-16-7-6-8-17(15-16)23-14-10-21-18(19-2)20-9-13-22-11-4-3-5-12-22/h6-8,15H,3-5,9-14H2,1-2H3,(H2,19,20,21). The first kappa shape index (κ1) is 17.6. The van der Waals surface area contributed by atoms with Crippen molar-refractivity contribution < 1.29 is 4.74 Å². The Morgan fingerprint density at radius 2 is 1.96 bits per heavy atom. The SMILES string of the molecule is CN=C(NCCOc1cccc(C)c1)NCCN1CCCCC1. The summed E-state index contributed by atoms with van der Waals surface area (Å²) in [6.07, 6.45) is 4.06. The summed E-state index contributed by atoms with van der Waals surface area (Å²) < 4.78 is 5.73. The maximum absolute atomic E-state index is 5.73. The van der Waals surface area contributed by atoms with Gasteiger partial charge in [-0.1, -0.05) is 18.6 Å². The summed E-state index contributed by atoms with van der Waals surface area (Å²) in [5, 5.41) is 6.65. The van der Waals surface area contributed by atoms with Gasteiger partial charge in [-0.25, -0.2) is 0 Å². The molecule has 1 aliphatic rings. The van der Waals surface area contributed by atoms with Crippen molar-refractivity contribution in [2.45, 2.75) is 26.2 Å². The van der Waals surface area contributed by atoms with Crippen molar-refractivity contribution in [1.29, 1.82) is 0 Å². The number of benzene rings is 1. The predicted molar refractivity (Wildman–Crippen MR) is 96.3 cm³/mol. The molecule has 128 valence electrons. The number of rotatable bonds is 7. The number of nitrogens with one attached hydrogen (secondary N) is 2. The van der Waals surface area contributed by atoms with E-state index in [0.29, 0.717) is 6.61 Å². The number of aryl methyl sites for hydroxylation is 1. The van der Waals surface area contributed by atoms with Crippen LogP contribution in [0.4, 0.5) is 0 Å². The number of ether oxygens (including phenoxy) is 1. The Kier molecular flexibility index (Phi) is 7.73. The van der Waals surface area contributed by atoms with Gasteiger partial charge in [0.05, 0.1) is 6.54 Å². The van der Waals surface area contributed by atoms with Crippen LogP contribution in [0.5, 0.6) is 5.75 Å². The van der Waals surface area contributed by atoms with Crippen molar-refractivity contribution in [2.24, 2.45) is 4.99 Å². The highest BCUT2D eigenvalue weighted by atomic mass is 16.5. The summed E-state index contributed by atoms with van der Waals surface area (Å²) in [5.74, 6) is 1.76. The summed E-state index contributed by atoms with van der Waals surface area (Å²) in [6, 6.07) is 8.11. The molecule has 0 aromatic heterocycles. The molecule has 0 amide bonds. The second-order valence-electron chi connectivity index (χ2n) is 5.99. The molecule has 23 heavy (non-hydrogen) atoms. The second-order valence-corrected chi connectivity index (χ2v) is 5.99. The number of hydrogen-bond donors (Lipinski definition) is 2. The molecule has 0 unspecified atom stereocenters. The molecule has 5 heteroatoms. The van der Waals surface area contributed by atoms with Crippen LogP contribution < -0.4 is 15.4 Å². The highest BCUT2D eigenvalue weighted by Gasteiger charge is 2.09. The lowest BCUT2D eigenvalue weighted by Crippen LogP contribution is -2.43. The molecule has 0 saturated carbocycles. The quantitative estimate of drug-likeness (QED) is 0.459. The molecule has 0 spiro atoms. The van der Waals surface area contributed by atoms with E-state index in [4.69, 9.17) is 4.74 Å². The van der Waals surface area contributed by atoms with Gasteiger partial charge in [-0.3, -0.25) is 4.99 Å². The molecule has 0 atom stereocenters. The van der Waals surface area contributed by atoms with Crippen molar-refractivity contribution in [3.8, 4) is 5.75 Å². The molecule has 1 heterocycles. The zero-order chi connectivity index (χ0) is 16.3. The number of piperidine rings is 1. The van der Waals surface area contributed by atoms with Gasteiger partial charge >= 0.3 is 0 Å². The van der Waals surface area contributed by atoms with Crippen LogP contribution in [0.1, 0.15) is 24.8 Å². The van der Waals surface area contributed by atoms with E-state index in [9.17, 15) is 0 Å². The summed E-state index contributed by atoms with van der Waals surface area (Å²) in [7, 11) is 1.80. The molecule has 1 saturated heterocycles. The van der Waals surface area contributed by atoms with Crippen molar-refractivity contribution in [3.63, 3.8) is 0 Å². The Morgan fingerprint density at radius 3 is 2.70 bits per heavy atom.